The van der Waals surface area contributed by atoms with Gasteiger partial charge in [-0.3, -0.25) is 4.79 Å². The van der Waals surface area contributed by atoms with Gasteiger partial charge in [-0.15, -0.1) is 0 Å². The summed E-state index contributed by atoms with van der Waals surface area (Å²) in [6.07, 6.45) is 0. The lowest BCUT2D eigenvalue weighted by Crippen LogP contribution is -2.44. The van der Waals surface area contributed by atoms with Gasteiger partial charge < -0.3 is 10.4 Å². The van der Waals surface area contributed by atoms with Crippen molar-refractivity contribution in [1.29, 1.82) is 0 Å². The highest BCUT2D eigenvalue weighted by molar-refractivity contribution is 5.97. The molecule has 0 bridgehead atoms. The molecular weight excluding hydrogens is 256 g/mol. The summed E-state index contributed by atoms with van der Waals surface area (Å²) in [6, 6.07) is 0.534. The second kappa shape index (κ2) is 5.77. The number of hydrogen-bond donors (Lipinski definition) is 2. The third-order valence-electron chi connectivity index (χ3n) is 2.71. The van der Waals surface area contributed by atoms with E-state index in [4.69, 9.17) is 5.11 Å². The number of hydrogen-bond acceptors (Lipinski definition) is 2. The second-order valence-electron chi connectivity index (χ2n) is 4.61. The van der Waals surface area contributed by atoms with Gasteiger partial charge in [0.25, 0.3) is 5.91 Å². The highest BCUT2D eigenvalue weighted by Gasteiger charge is 2.25. The number of nitrogens with one attached hydrogen (secondary N) is 1. The summed E-state index contributed by atoms with van der Waals surface area (Å²) < 4.78 is 26.6. The first-order valence-electron chi connectivity index (χ1n) is 5.73. The first kappa shape index (κ1) is 15.1. The van der Waals surface area contributed by atoms with Crippen molar-refractivity contribution in [2.45, 2.75) is 26.8 Å². The van der Waals surface area contributed by atoms with Crippen LogP contribution in [0.2, 0.25) is 0 Å². The predicted molar refractivity (Wildman–Crippen MR) is 64.8 cm³/mol. The number of carbonyl (C=O) groups is 2. The van der Waals surface area contributed by atoms with Crippen molar-refractivity contribution in [3.63, 3.8) is 0 Å². The largest absolute Gasteiger partial charge is 0.480 e. The first-order chi connectivity index (χ1) is 8.73. The smallest absolute Gasteiger partial charge is 0.326 e. The number of aryl methyl sites for hydroxylation is 1. The zero-order chi connectivity index (χ0) is 14.7. The van der Waals surface area contributed by atoms with Crippen molar-refractivity contribution in [3.05, 3.63) is 34.9 Å². The predicted octanol–water partition coefficient (Wildman–Crippen LogP) is 2.11. The molecule has 0 aliphatic heterocycles. The lowest BCUT2D eigenvalue weighted by atomic mass is 10.0. The molecule has 1 aromatic rings. The van der Waals surface area contributed by atoms with Crippen LogP contribution in [-0.4, -0.2) is 23.0 Å². The fourth-order valence-electron chi connectivity index (χ4n) is 1.56. The van der Waals surface area contributed by atoms with E-state index < -0.39 is 29.6 Å². The van der Waals surface area contributed by atoms with Crippen molar-refractivity contribution >= 4 is 11.9 Å². The van der Waals surface area contributed by atoms with E-state index in [0.29, 0.717) is 6.07 Å². The average molecular weight is 271 g/mol. The molecule has 0 spiro atoms. The van der Waals surface area contributed by atoms with Gasteiger partial charge in [-0.05, 0) is 24.5 Å². The van der Waals surface area contributed by atoms with Crippen LogP contribution in [0.1, 0.15) is 29.8 Å². The van der Waals surface area contributed by atoms with Gasteiger partial charge in [-0.2, -0.15) is 0 Å². The Balaban J connectivity index is 3.01. The molecule has 0 aliphatic rings. The third-order valence-corrected chi connectivity index (χ3v) is 2.71. The number of carboxylic acid groups (broad SMARTS) is 1. The molecule has 0 heterocycles. The highest BCUT2D eigenvalue weighted by atomic mass is 19.1. The maximum atomic E-state index is 13.5. The van der Waals surface area contributed by atoms with Gasteiger partial charge >= 0.3 is 5.97 Å². The second-order valence-corrected chi connectivity index (χ2v) is 4.61. The van der Waals surface area contributed by atoms with Gasteiger partial charge in [0, 0.05) is 6.07 Å². The molecule has 1 amide bonds. The Kier molecular flexibility index (Phi) is 4.58. The maximum absolute atomic E-state index is 13.5. The van der Waals surface area contributed by atoms with E-state index in [1.54, 1.807) is 13.8 Å². The number of benzene rings is 1. The molecule has 0 fully saturated rings. The average Bonchev–Trinajstić information content (AvgIpc) is 2.29. The van der Waals surface area contributed by atoms with E-state index in [0.717, 1.165) is 6.07 Å². The van der Waals surface area contributed by atoms with E-state index in [-0.39, 0.29) is 17.0 Å². The van der Waals surface area contributed by atoms with Crippen molar-refractivity contribution in [2.24, 2.45) is 5.92 Å². The normalized spacial score (nSPS) is 12.3. The van der Waals surface area contributed by atoms with Crippen LogP contribution >= 0.6 is 0 Å². The molecule has 0 unspecified atom stereocenters. The van der Waals surface area contributed by atoms with Gasteiger partial charge in [0.05, 0.1) is 5.56 Å². The number of halogens is 2. The molecule has 1 aromatic carbocycles. The molecule has 0 radical (unpaired) electrons. The molecule has 1 atom stereocenters. The van der Waals surface area contributed by atoms with Crippen LogP contribution < -0.4 is 5.32 Å². The molecule has 0 saturated heterocycles. The molecule has 0 aliphatic carbocycles. The van der Waals surface area contributed by atoms with Crippen molar-refractivity contribution in [2.75, 3.05) is 0 Å². The van der Waals surface area contributed by atoms with E-state index in [1.807, 2.05) is 0 Å². The van der Waals surface area contributed by atoms with Crippen LogP contribution in [0.15, 0.2) is 12.1 Å². The Bertz CT molecular complexity index is 515. The van der Waals surface area contributed by atoms with Crippen molar-refractivity contribution in [3.8, 4) is 0 Å². The van der Waals surface area contributed by atoms with E-state index in [2.05, 4.69) is 5.32 Å². The SMILES string of the molecule is Cc1cc(C(=O)N[C@@H](C(=O)O)C(C)C)c(F)cc1F. The molecule has 19 heavy (non-hydrogen) atoms. The van der Waals surface area contributed by atoms with Gasteiger partial charge in [0.15, 0.2) is 0 Å². The Morgan fingerprint density at radius 2 is 1.79 bits per heavy atom. The number of carbonyl (C=O) groups excluding carboxylic acids is 1. The fourth-order valence-corrected chi connectivity index (χ4v) is 1.56. The van der Waals surface area contributed by atoms with Crippen molar-refractivity contribution < 1.29 is 23.5 Å². The summed E-state index contributed by atoms with van der Waals surface area (Å²) in [6.45, 7) is 4.62. The third kappa shape index (κ3) is 3.49. The molecule has 4 nitrogen and oxygen atoms in total. The summed E-state index contributed by atoms with van der Waals surface area (Å²) >= 11 is 0. The van der Waals surface area contributed by atoms with E-state index in [9.17, 15) is 18.4 Å². The number of rotatable bonds is 4. The van der Waals surface area contributed by atoms with Crippen LogP contribution in [0, 0.1) is 24.5 Å². The van der Waals surface area contributed by atoms with Crippen LogP contribution in [0.5, 0.6) is 0 Å². The highest BCUT2D eigenvalue weighted by Crippen LogP contribution is 2.15. The summed E-state index contributed by atoms with van der Waals surface area (Å²) in [5.41, 5.74) is -0.256. The molecule has 2 N–H and O–H groups in total. The van der Waals surface area contributed by atoms with Crippen molar-refractivity contribution in [1.82, 2.24) is 5.32 Å². The zero-order valence-corrected chi connectivity index (χ0v) is 10.8. The Morgan fingerprint density at radius 3 is 2.26 bits per heavy atom. The lowest BCUT2D eigenvalue weighted by Gasteiger charge is -2.18. The maximum Gasteiger partial charge on any atom is 0.326 e. The minimum Gasteiger partial charge on any atom is -0.480 e. The van der Waals surface area contributed by atoms with Gasteiger partial charge in [0.2, 0.25) is 0 Å². The van der Waals surface area contributed by atoms with Gasteiger partial charge in [-0.25, -0.2) is 13.6 Å². The molecule has 0 aromatic heterocycles. The Morgan fingerprint density at radius 1 is 1.21 bits per heavy atom. The molecular formula is C13H15F2NO3. The standard InChI is InChI=1S/C13H15F2NO3/c1-6(2)11(13(18)19)16-12(17)8-4-7(3)9(14)5-10(8)15/h4-6,11H,1-3H3,(H,16,17)(H,18,19)/t11-/m1/s1. The first-order valence-corrected chi connectivity index (χ1v) is 5.73. The van der Waals surface area contributed by atoms with Crippen LogP contribution in [0.4, 0.5) is 8.78 Å². The van der Waals surface area contributed by atoms with Gasteiger partial charge in [-0.1, -0.05) is 13.8 Å². The number of carboxylic acids is 1. The quantitative estimate of drug-likeness (QED) is 0.881. The summed E-state index contributed by atoms with van der Waals surface area (Å²) in [7, 11) is 0. The van der Waals surface area contributed by atoms with Crippen LogP contribution in [0.3, 0.4) is 0 Å². The molecule has 0 saturated carbocycles. The monoisotopic (exact) mass is 271 g/mol. The Labute approximate surface area is 109 Å². The number of amides is 1. The zero-order valence-electron chi connectivity index (χ0n) is 10.8. The van der Waals surface area contributed by atoms with Crippen LogP contribution in [0.25, 0.3) is 0 Å². The van der Waals surface area contributed by atoms with Gasteiger partial charge in [0.1, 0.15) is 17.7 Å². The van der Waals surface area contributed by atoms with E-state index >= 15 is 0 Å². The fraction of sp³-hybridized carbons (Fsp3) is 0.385. The minimum atomic E-state index is -1.21. The molecule has 1 rings (SSSR count). The summed E-state index contributed by atoms with van der Waals surface area (Å²) in [5.74, 6) is -4.21. The minimum absolute atomic E-state index is 0.114. The van der Waals surface area contributed by atoms with E-state index in [1.165, 1.54) is 6.92 Å². The Hall–Kier alpha value is -1.98. The molecule has 6 heteroatoms. The number of aliphatic carboxylic acids is 1. The van der Waals surface area contributed by atoms with Crippen LogP contribution in [-0.2, 0) is 4.79 Å². The topological polar surface area (TPSA) is 66.4 Å². The summed E-state index contributed by atoms with van der Waals surface area (Å²) in [4.78, 5) is 22.8. The molecule has 104 valence electrons. The lowest BCUT2D eigenvalue weighted by molar-refractivity contribution is -0.140. The summed E-state index contributed by atoms with van der Waals surface area (Å²) in [5, 5.41) is 11.2.